The van der Waals surface area contributed by atoms with Gasteiger partial charge in [0.15, 0.2) is 5.96 Å². The lowest BCUT2D eigenvalue weighted by atomic mass is 10.1. The molecule has 1 aromatic carbocycles. The Balaban J connectivity index is 1.76. The smallest absolute Gasteiger partial charge is 0.191 e. The Labute approximate surface area is 155 Å². The van der Waals surface area contributed by atoms with E-state index in [2.05, 4.69) is 15.6 Å². The molecule has 6 nitrogen and oxygen atoms in total. The molecule has 0 amide bonds. The second kappa shape index (κ2) is 11.7. The Morgan fingerprint density at radius 2 is 2.08 bits per heavy atom. The minimum absolute atomic E-state index is 0.190. The molecule has 0 bridgehead atoms. The van der Waals surface area contributed by atoms with Crippen molar-refractivity contribution >= 4 is 11.6 Å². The van der Waals surface area contributed by atoms with Crippen LogP contribution in [0.2, 0.25) is 0 Å². The van der Waals surface area contributed by atoms with E-state index in [1.165, 1.54) is 0 Å². The summed E-state index contributed by atoms with van der Waals surface area (Å²) in [7, 11) is 1.73. The van der Waals surface area contributed by atoms with Crippen molar-refractivity contribution in [3.05, 3.63) is 29.6 Å². The second-order valence-electron chi connectivity index (χ2n) is 6.14. The van der Waals surface area contributed by atoms with Crippen molar-refractivity contribution in [3.8, 4) is 0 Å². The maximum atomic E-state index is 14.4. The van der Waals surface area contributed by atoms with Crippen LogP contribution in [-0.2, 0) is 16.0 Å². The van der Waals surface area contributed by atoms with Crippen molar-refractivity contribution < 1.29 is 13.9 Å². The number of rotatable bonds is 9. The van der Waals surface area contributed by atoms with Crippen LogP contribution in [0, 0.1) is 5.82 Å². The highest BCUT2D eigenvalue weighted by atomic mass is 19.1. The van der Waals surface area contributed by atoms with Gasteiger partial charge in [-0.05, 0) is 37.5 Å². The minimum Gasteiger partial charge on any atom is -0.382 e. The molecule has 1 aliphatic heterocycles. The van der Waals surface area contributed by atoms with Crippen LogP contribution in [0.4, 0.5) is 10.1 Å². The SMILES string of the molecule is CCOCCCCNC(=NC)NCc1ccc(N2CCOCC2)c(F)c1. The fourth-order valence-corrected chi connectivity index (χ4v) is 2.81. The van der Waals surface area contributed by atoms with Crippen LogP contribution in [0.3, 0.4) is 0 Å². The van der Waals surface area contributed by atoms with Crippen LogP contribution >= 0.6 is 0 Å². The van der Waals surface area contributed by atoms with Crippen molar-refractivity contribution in [2.24, 2.45) is 4.99 Å². The van der Waals surface area contributed by atoms with Crippen molar-refractivity contribution in [2.75, 3.05) is 58.0 Å². The predicted octanol–water partition coefficient (Wildman–Crippen LogP) is 2.14. The first-order valence-corrected chi connectivity index (χ1v) is 9.38. The van der Waals surface area contributed by atoms with Crippen molar-refractivity contribution in [1.82, 2.24) is 10.6 Å². The van der Waals surface area contributed by atoms with Crippen molar-refractivity contribution in [2.45, 2.75) is 26.3 Å². The summed E-state index contributed by atoms with van der Waals surface area (Å²) in [5.74, 6) is 0.532. The molecule has 2 rings (SSSR count). The molecular weight excluding hydrogens is 335 g/mol. The number of hydrogen-bond acceptors (Lipinski definition) is 4. The minimum atomic E-state index is -0.190. The second-order valence-corrected chi connectivity index (χ2v) is 6.14. The van der Waals surface area contributed by atoms with E-state index in [0.29, 0.717) is 25.4 Å². The lowest BCUT2D eigenvalue weighted by Crippen LogP contribution is -2.37. The van der Waals surface area contributed by atoms with Gasteiger partial charge in [-0.2, -0.15) is 0 Å². The van der Waals surface area contributed by atoms with Gasteiger partial charge >= 0.3 is 0 Å². The highest BCUT2D eigenvalue weighted by molar-refractivity contribution is 5.79. The molecule has 1 heterocycles. The van der Waals surface area contributed by atoms with Gasteiger partial charge in [-0.15, -0.1) is 0 Å². The standard InChI is InChI=1S/C19H31FN4O2/c1-3-25-11-5-4-8-22-19(21-2)23-15-16-6-7-18(17(20)14-16)24-9-12-26-13-10-24/h6-7,14H,3-5,8-13,15H2,1-2H3,(H2,21,22,23). The van der Waals surface area contributed by atoms with E-state index in [9.17, 15) is 4.39 Å². The van der Waals surface area contributed by atoms with E-state index in [-0.39, 0.29) is 5.82 Å². The molecular formula is C19H31FN4O2. The lowest BCUT2D eigenvalue weighted by Gasteiger charge is -2.29. The fourth-order valence-electron chi connectivity index (χ4n) is 2.81. The Bertz CT molecular complexity index is 562. The average Bonchev–Trinajstić information content (AvgIpc) is 2.67. The fraction of sp³-hybridized carbons (Fsp3) is 0.632. The van der Waals surface area contributed by atoms with E-state index in [1.54, 1.807) is 13.1 Å². The largest absolute Gasteiger partial charge is 0.382 e. The zero-order chi connectivity index (χ0) is 18.6. The van der Waals surface area contributed by atoms with Crippen LogP contribution in [0.1, 0.15) is 25.3 Å². The molecule has 1 aliphatic rings. The normalized spacial score (nSPS) is 15.2. The average molecular weight is 366 g/mol. The summed E-state index contributed by atoms with van der Waals surface area (Å²) >= 11 is 0. The van der Waals surface area contributed by atoms with Gasteiger partial charge in [-0.25, -0.2) is 4.39 Å². The molecule has 146 valence electrons. The lowest BCUT2D eigenvalue weighted by molar-refractivity contribution is 0.122. The van der Waals surface area contributed by atoms with Gasteiger partial charge in [-0.3, -0.25) is 4.99 Å². The number of anilines is 1. The van der Waals surface area contributed by atoms with Gasteiger partial charge in [0.25, 0.3) is 0 Å². The number of aliphatic imine (C=N–C) groups is 1. The molecule has 26 heavy (non-hydrogen) atoms. The summed E-state index contributed by atoms with van der Waals surface area (Å²) in [6, 6.07) is 5.39. The van der Waals surface area contributed by atoms with E-state index < -0.39 is 0 Å². The Hall–Kier alpha value is -1.86. The first-order valence-electron chi connectivity index (χ1n) is 9.38. The Morgan fingerprint density at radius 1 is 1.27 bits per heavy atom. The predicted molar refractivity (Wildman–Crippen MR) is 103 cm³/mol. The van der Waals surface area contributed by atoms with Gasteiger partial charge in [0.2, 0.25) is 0 Å². The molecule has 0 atom stereocenters. The van der Waals surface area contributed by atoms with Gasteiger partial charge < -0.3 is 25.0 Å². The number of hydrogen-bond donors (Lipinski definition) is 2. The summed E-state index contributed by atoms with van der Waals surface area (Å²) < 4.78 is 25.1. The molecule has 1 saturated heterocycles. The van der Waals surface area contributed by atoms with Gasteiger partial charge in [-0.1, -0.05) is 6.07 Å². The summed E-state index contributed by atoms with van der Waals surface area (Å²) in [6.45, 7) is 7.67. The van der Waals surface area contributed by atoms with Gasteiger partial charge in [0.1, 0.15) is 5.82 Å². The van der Waals surface area contributed by atoms with E-state index in [4.69, 9.17) is 9.47 Å². The third kappa shape index (κ3) is 6.80. The first kappa shape index (κ1) is 20.5. The molecule has 7 heteroatoms. The van der Waals surface area contributed by atoms with Crippen LogP contribution in [-0.4, -0.2) is 59.1 Å². The number of guanidine groups is 1. The monoisotopic (exact) mass is 366 g/mol. The maximum absolute atomic E-state index is 14.4. The number of benzene rings is 1. The van der Waals surface area contributed by atoms with Gasteiger partial charge in [0, 0.05) is 46.4 Å². The summed E-state index contributed by atoms with van der Waals surface area (Å²) in [4.78, 5) is 6.22. The van der Waals surface area contributed by atoms with Crippen LogP contribution in [0.25, 0.3) is 0 Å². The topological polar surface area (TPSA) is 58.1 Å². The summed E-state index contributed by atoms with van der Waals surface area (Å²) in [6.07, 6.45) is 2.04. The molecule has 2 N–H and O–H groups in total. The molecule has 0 aliphatic carbocycles. The maximum Gasteiger partial charge on any atom is 0.191 e. The van der Waals surface area contributed by atoms with Crippen LogP contribution < -0.4 is 15.5 Å². The number of unbranched alkanes of at least 4 members (excludes halogenated alkanes) is 1. The van der Waals surface area contributed by atoms with E-state index in [1.807, 2.05) is 24.0 Å². The molecule has 0 radical (unpaired) electrons. The third-order valence-corrected chi connectivity index (χ3v) is 4.26. The van der Waals surface area contributed by atoms with Gasteiger partial charge in [0.05, 0.1) is 18.9 Å². The molecule has 0 spiro atoms. The third-order valence-electron chi connectivity index (χ3n) is 4.26. The number of halogens is 1. The molecule has 0 aromatic heterocycles. The van der Waals surface area contributed by atoms with Crippen molar-refractivity contribution in [1.29, 1.82) is 0 Å². The summed E-state index contributed by atoms with van der Waals surface area (Å²) in [5, 5.41) is 6.48. The molecule has 0 saturated carbocycles. The molecule has 1 fully saturated rings. The van der Waals surface area contributed by atoms with Crippen LogP contribution in [0.15, 0.2) is 23.2 Å². The number of ether oxygens (including phenoxy) is 2. The van der Waals surface area contributed by atoms with E-state index >= 15 is 0 Å². The summed E-state index contributed by atoms with van der Waals surface area (Å²) in [5.41, 5.74) is 1.53. The zero-order valence-corrected chi connectivity index (χ0v) is 15.9. The van der Waals surface area contributed by atoms with Crippen LogP contribution in [0.5, 0.6) is 0 Å². The highest BCUT2D eigenvalue weighted by Gasteiger charge is 2.15. The Morgan fingerprint density at radius 3 is 2.77 bits per heavy atom. The number of nitrogens with one attached hydrogen (secondary N) is 2. The number of morpholine rings is 1. The highest BCUT2D eigenvalue weighted by Crippen LogP contribution is 2.21. The van der Waals surface area contributed by atoms with Crippen molar-refractivity contribution in [3.63, 3.8) is 0 Å². The molecule has 0 unspecified atom stereocenters. The quantitative estimate of drug-likeness (QED) is 0.398. The zero-order valence-electron chi connectivity index (χ0n) is 15.9. The number of nitrogens with zero attached hydrogens (tertiary/aromatic N) is 2. The molecule has 1 aromatic rings. The first-order chi connectivity index (χ1) is 12.7. The van der Waals surface area contributed by atoms with E-state index in [0.717, 1.165) is 57.2 Å². The Kier molecular flexibility index (Phi) is 9.20.